The Labute approximate surface area is 167 Å². The van der Waals surface area contributed by atoms with E-state index in [1.165, 1.54) is 11.9 Å². The minimum atomic E-state index is -0.276. The Balaban J connectivity index is 1.43. The molecule has 5 rings (SSSR count). The van der Waals surface area contributed by atoms with Crippen LogP contribution in [0.15, 0.2) is 48.8 Å². The van der Waals surface area contributed by atoms with Crippen molar-refractivity contribution in [2.75, 3.05) is 19.7 Å². The Morgan fingerprint density at radius 2 is 1.93 bits per heavy atom. The summed E-state index contributed by atoms with van der Waals surface area (Å²) in [5.74, 6) is 0.554. The number of hydrogen-bond donors (Lipinski definition) is 0. The molecule has 1 aliphatic heterocycles. The average molecular weight is 387 g/mol. The smallest absolute Gasteiger partial charge is 0.254 e. The molecule has 1 atom stereocenters. The second kappa shape index (κ2) is 6.93. The third-order valence-corrected chi connectivity index (χ3v) is 5.33. The Bertz CT molecular complexity index is 1230. The number of nitrogens with zero attached hydrogens (tertiary/aromatic N) is 5. The van der Waals surface area contributed by atoms with Crippen LogP contribution in [0.25, 0.3) is 16.6 Å². The molecule has 146 valence electrons. The number of ether oxygens (including phenoxy) is 1. The summed E-state index contributed by atoms with van der Waals surface area (Å²) in [5.41, 5.74) is 3.60. The fourth-order valence-electron chi connectivity index (χ4n) is 3.88. The van der Waals surface area contributed by atoms with Crippen LogP contribution in [-0.4, -0.2) is 50.1 Å². The minimum Gasteiger partial charge on any atom is -0.368 e. The van der Waals surface area contributed by atoms with Crippen molar-refractivity contribution in [1.82, 2.24) is 24.5 Å². The van der Waals surface area contributed by atoms with Gasteiger partial charge >= 0.3 is 0 Å². The highest BCUT2D eigenvalue weighted by Crippen LogP contribution is 2.25. The first-order valence-electron chi connectivity index (χ1n) is 9.67. The summed E-state index contributed by atoms with van der Waals surface area (Å²) in [6.45, 7) is 5.48. The maximum atomic E-state index is 13.2. The lowest BCUT2D eigenvalue weighted by Crippen LogP contribution is -2.42. The molecule has 0 spiro atoms. The summed E-state index contributed by atoms with van der Waals surface area (Å²) in [7, 11) is 0. The van der Waals surface area contributed by atoms with Gasteiger partial charge in [-0.25, -0.2) is 4.98 Å². The molecule has 0 saturated carbocycles. The van der Waals surface area contributed by atoms with E-state index in [2.05, 4.69) is 40.2 Å². The van der Waals surface area contributed by atoms with Crippen molar-refractivity contribution in [3.8, 4) is 0 Å². The summed E-state index contributed by atoms with van der Waals surface area (Å²) in [6, 6.07) is 14.1. The highest BCUT2D eigenvalue weighted by atomic mass is 16.5. The minimum absolute atomic E-state index is 0.0152. The Hall–Kier alpha value is -3.32. The number of amides is 1. The number of aryl methyl sites for hydroxylation is 2. The molecule has 0 N–H and O–H groups in total. The van der Waals surface area contributed by atoms with E-state index < -0.39 is 0 Å². The number of aromatic nitrogens is 4. The lowest BCUT2D eigenvalue weighted by molar-refractivity contribution is -0.0257. The third kappa shape index (κ3) is 3.23. The first-order chi connectivity index (χ1) is 14.1. The lowest BCUT2D eigenvalue weighted by atomic mass is 10.0. The van der Waals surface area contributed by atoms with Gasteiger partial charge in [0, 0.05) is 17.8 Å². The fourth-order valence-corrected chi connectivity index (χ4v) is 3.88. The summed E-state index contributed by atoms with van der Waals surface area (Å²) in [5, 5.41) is 6.47. The van der Waals surface area contributed by atoms with E-state index in [1.807, 2.05) is 36.1 Å². The highest BCUT2D eigenvalue weighted by molar-refractivity contribution is 5.98. The van der Waals surface area contributed by atoms with Crippen molar-refractivity contribution in [2.45, 2.75) is 20.0 Å². The molecule has 1 saturated heterocycles. The zero-order valence-electron chi connectivity index (χ0n) is 16.4. The van der Waals surface area contributed by atoms with Gasteiger partial charge in [0.15, 0.2) is 0 Å². The lowest BCUT2D eigenvalue weighted by Gasteiger charge is -2.33. The van der Waals surface area contributed by atoms with Gasteiger partial charge in [0.25, 0.3) is 11.7 Å². The monoisotopic (exact) mass is 387 g/mol. The van der Waals surface area contributed by atoms with Crippen molar-refractivity contribution < 1.29 is 9.53 Å². The number of rotatable bonds is 2. The molecule has 2 aromatic heterocycles. The van der Waals surface area contributed by atoms with Crippen molar-refractivity contribution in [2.24, 2.45) is 0 Å². The van der Waals surface area contributed by atoms with Crippen molar-refractivity contribution >= 4 is 22.5 Å². The van der Waals surface area contributed by atoms with Gasteiger partial charge in [-0.15, -0.1) is 0 Å². The number of hydrogen-bond acceptors (Lipinski definition) is 5. The first kappa shape index (κ1) is 17.8. The SMILES string of the molecule is Cc1ccc2cc(C(=O)N3CCOC(c4cc(C)nc5ncnn45)C3)ccc2c1. The van der Waals surface area contributed by atoms with E-state index >= 15 is 0 Å². The molecular weight excluding hydrogens is 366 g/mol. The van der Waals surface area contributed by atoms with Gasteiger partial charge in [-0.05, 0) is 42.8 Å². The topological polar surface area (TPSA) is 72.6 Å². The number of carbonyl (C=O) groups excluding carboxylic acids is 1. The summed E-state index contributed by atoms with van der Waals surface area (Å²) >= 11 is 0. The zero-order chi connectivity index (χ0) is 20.0. The van der Waals surface area contributed by atoms with Gasteiger partial charge in [-0.1, -0.05) is 29.8 Å². The second-order valence-corrected chi connectivity index (χ2v) is 7.47. The van der Waals surface area contributed by atoms with Crippen LogP contribution < -0.4 is 0 Å². The normalized spacial score (nSPS) is 17.2. The van der Waals surface area contributed by atoms with Crippen LogP contribution in [0.4, 0.5) is 0 Å². The van der Waals surface area contributed by atoms with E-state index in [0.717, 1.165) is 22.2 Å². The molecule has 4 aromatic rings. The van der Waals surface area contributed by atoms with Gasteiger partial charge in [0.2, 0.25) is 0 Å². The maximum Gasteiger partial charge on any atom is 0.254 e. The summed E-state index contributed by atoms with van der Waals surface area (Å²) in [6.07, 6.45) is 1.20. The maximum absolute atomic E-state index is 13.2. The molecule has 1 unspecified atom stereocenters. The second-order valence-electron chi connectivity index (χ2n) is 7.47. The molecule has 1 amide bonds. The fraction of sp³-hybridized carbons (Fsp3) is 0.273. The van der Waals surface area contributed by atoms with Crippen molar-refractivity contribution in [1.29, 1.82) is 0 Å². The third-order valence-electron chi connectivity index (χ3n) is 5.33. The van der Waals surface area contributed by atoms with Crippen LogP contribution in [0.2, 0.25) is 0 Å². The van der Waals surface area contributed by atoms with Crippen LogP contribution in [0, 0.1) is 13.8 Å². The predicted octanol–water partition coefficient (Wildman–Crippen LogP) is 3.11. The van der Waals surface area contributed by atoms with E-state index in [4.69, 9.17) is 4.74 Å². The molecule has 3 heterocycles. The molecular formula is C22H21N5O2. The zero-order valence-corrected chi connectivity index (χ0v) is 16.4. The Kier molecular flexibility index (Phi) is 4.24. The van der Waals surface area contributed by atoms with Gasteiger partial charge < -0.3 is 9.64 Å². The molecule has 1 fully saturated rings. The van der Waals surface area contributed by atoms with Crippen LogP contribution in [0.5, 0.6) is 0 Å². The van der Waals surface area contributed by atoms with E-state index in [1.54, 1.807) is 4.52 Å². The van der Waals surface area contributed by atoms with Crippen LogP contribution in [0.3, 0.4) is 0 Å². The molecule has 29 heavy (non-hydrogen) atoms. The molecule has 0 radical (unpaired) electrons. The Morgan fingerprint density at radius 1 is 1.10 bits per heavy atom. The van der Waals surface area contributed by atoms with Crippen LogP contribution in [0.1, 0.15) is 33.4 Å². The molecule has 0 aliphatic carbocycles. The van der Waals surface area contributed by atoms with Crippen LogP contribution >= 0.6 is 0 Å². The largest absolute Gasteiger partial charge is 0.368 e. The number of morpholine rings is 1. The summed E-state index contributed by atoms with van der Waals surface area (Å²) in [4.78, 5) is 23.6. The summed E-state index contributed by atoms with van der Waals surface area (Å²) < 4.78 is 7.67. The van der Waals surface area contributed by atoms with Crippen molar-refractivity contribution in [3.63, 3.8) is 0 Å². The molecule has 7 nitrogen and oxygen atoms in total. The number of benzene rings is 2. The highest BCUT2D eigenvalue weighted by Gasteiger charge is 2.28. The quantitative estimate of drug-likeness (QED) is 0.528. The van der Waals surface area contributed by atoms with E-state index in [-0.39, 0.29) is 12.0 Å². The molecule has 1 aliphatic rings. The van der Waals surface area contributed by atoms with E-state index in [9.17, 15) is 4.79 Å². The van der Waals surface area contributed by atoms with Crippen molar-refractivity contribution in [3.05, 3.63) is 71.3 Å². The molecule has 0 bridgehead atoms. The van der Waals surface area contributed by atoms with Gasteiger partial charge in [-0.2, -0.15) is 14.6 Å². The standard InChI is InChI=1S/C22H21N5O2/c1-14-3-4-17-11-18(6-5-16(17)9-14)21(28)26-7-8-29-20(12-26)19-10-15(2)25-22-23-13-24-27(19)22/h3-6,9-11,13,20H,7-8,12H2,1-2H3. The Morgan fingerprint density at radius 3 is 2.83 bits per heavy atom. The van der Waals surface area contributed by atoms with E-state index in [0.29, 0.717) is 31.0 Å². The average Bonchev–Trinajstić information content (AvgIpc) is 3.20. The first-order valence-corrected chi connectivity index (χ1v) is 9.67. The molecule has 2 aromatic carbocycles. The molecule has 7 heteroatoms. The predicted molar refractivity (Wildman–Crippen MR) is 109 cm³/mol. The van der Waals surface area contributed by atoms with Gasteiger partial charge in [0.05, 0.1) is 18.8 Å². The van der Waals surface area contributed by atoms with Crippen LogP contribution in [-0.2, 0) is 4.74 Å². The number of carbonyl (C=O) groups is 1. The van der Waals surface area contributed by atoms with Gasteiger partial charge in [-0.3, -0.25) is 4.79 Å². The number of fused-ring (bicyclic) bond motifs is 2. The van der Waals surface area contributed by atoms with Gasteiger partial charge in [0.1, 0.15) is 12.4 Å².